The number of hydrogen-bond acceptors (Lipinski definition) is 0. The zero-order valence-electron chi connectivity index (χ0n) is 26.6. The average Bonchev–Trinajstić information content (AvgIpc) is 3.54. The Balaban J connectivity index is 0.000000165. The molecule has 2 aliphatic carbocycles. The molecular weight excluding hydrogens is 584 g/mol. The molecule has 0 heterocycles. The van der Waals surface area contributed by atoms with Crippen molar-refractivity contribution < 1.29 is 24.2 Å². The zero-order valence-corrected chi connectivity index (χ0v) is 29.1. The second-order valence-electron chi connectivity index (χ2n) is 13.4. The first-order chi connectivity index (χ1) is 19.8. The molecule has 42 heavy (non-hydrogen) atoms. The van der Waals surface area contributed by atoms with Gasteiger partial charge in [-0.1, -0.05) is 89.1 Å². The fourth-order valence-electron chi connectivity index (χ4n) is 5.11. The van der Waals surface area contributed by atoms with E-state index in [9.17, 15) is 0 Å². The van der Waals surface area contributed by atoms with Crippen molar-refractivity contribution in [1.82, 2.24) is 0 Å². The SMILES string of the molecule is CC(C)(C)c1c[c-]c2c(c1)-c1cc(C(C)(C)C)ccc1C2.CC1=CC(C)[C-]=C1.[Zr+2]=[C](c1ccccc1)c1ccccc1. The third-order valence-corrected chi connectivity index (χ3v) is 9.16. The Morgan fingerprint density at radius 2 is 1.29 bits per heavy atom. The number of rotatable bonds is 2. The van der Waals surface area contributed by atoms with Gasteiger partial charge in [-0.3, -0.25) is 6.08 Å². The fourth-order valence-corrected chi connectivity index (χ4v) is 5.93. The summed E-state index contributed by atoms with van der Waals surface area (Å²) in [6.07, 6.45) is 8.41. The molecule has 0 spiro atoms. The van der Waals surface area contributed by atoms with Gasteiger partial charge >= 0.3 is 99.2 Å². The molecule has 4 aromatic carbocycles. The van der Waals surface area contributed by atoms with Crippen LogP contribution in [0.4, 0.5) is 0 Å². The van der Waals surface area contributed by atoms with Gasteiger partial charge in [0.15, 0.2) is 0 Å². The maximum atomic E-state index is 3.53. The van der Waals surface area contributed by atoms with Crippen LogP contribution in [0.2, 0.25) is 0 Å². The van der Waals surface area contributed by atoms with Crippen molar-refractivity contribution in [2.24, 2.45) is 5.92 Å². The summed E-state index contributed by atoms with van der Waals surface area (Å²) >= 11 is 1.46. The Kier molecular flexibility index (Phi) is 10.4. The van der Waals surface area contributed by atoms with E-state index in [1.165, 1.54) is 77.5 Å². The van der Waals surface area contributed by atoms with Crippen LogP contribution < -0.4 is 0 Å². The van der Waals surface area contributed by atoms with E-state index >= 15 is 0 Å². The van der Waals surface area contributed by atoms with E-state index < -0.39 is 0 Å². The zero-order chi connectivity index (χ0) is 30.5. The molecule has 212 valence electrons. The van der Waals surface area contributed by atoms with Gasteiger partial charge < -0.3 is 0 Å². The Hall–Kier alpha value is -2.89. The van der Waals surface area contributed by atoms with Crippen molar-refractivity contribution in [2.75, 3.05) is 0 Å². The maximum absolute atomic E-state index is 3.53. The predicted molar refractivity (Wildman–Crippen MR) is 178 cm³/mol. The molecule has 0 saturated carbocycles. The summed E-state index contributed by atoms with van der Waals surface area (Å²) in [5, 5.41) is 0. The molecule has 0 aliphatic heterocycles. The molecule has 1 heteroatoms. The van der Waals surface area contributed by atoms with Crippen LogP contribution in [-0.4, -0.2) is 3.21 Å². The average molecular weight is 628 g/mol. The van der Waals surface area contributed by atoms with E-state index in [4.69, 9.17) is 0 Å². The summed E-state index contributed by atoms with van der Waals surface area (Å²) in [5.41, 5.74) is 12.8. The second-order valence-corrected chi connectivity index (χ2v) is 14.7. The van der Waals surface area contributed by atoms with Crippen LogP contribution >= 0.6 is 0 Å². The van der Waals surface area contributed by atoms with Gasteiger partial charge in [-0.05, 0) is 17.4 Å². The van der Waals surface area contributed by atoms with Gasteiger partial charge in [0, 0.05) is 0 Å². The van der Waals surface area contributed by atoms with Crippen molar-refractivity contribution in [3.8, 4) is 11.1 Å². The molecule has 0 amide bonds. The van der Waals surface area contributed by atoms with Crippen LogP contribution in [0.15, 0.2) is 109 Å². The van der Waals surface area contributed by atoms with Gasteiger partial charge in [0.2, 0.25) is 0 Å². The summed E-state index contributed by atoms with van der Waals surface area (Å²) in [7, 11) is 0. The fraction of sp³-hybridized carbons (Fsp3) is 0.293. The molecule has 6 rings (SSSR count). The third-order valence-electron chi connectivity index (χ3n) is 7.74. The minimum absolute atomic E-state index is 0.177. The summed E-state index contributed by atoms with van der Waals surface area (Å²) in [6, 6.07) is 36.2. The van der Waals surface area contributed by atoms with Crippen molar-refractivity contribution >= 4 is 3.21 Å². The summed E-state index contributed by atoms with van der Waals surface area (Å²) in [4.78, 5) is 0. The normalized spacial score (nSPS) is 15.0. The van der Waals surface area contributed by atoms with E-state index in [0.717, 1.165) is 6.42 Å². The van der Waals surface area contributed by atoms with Gasteiger partial charge in [-0.2, -0.15) is 35.4 Å². The second kappa shape index (κ2) is 13.6. The summed E-state index contributed by atoms with van der Waals surface area (Å²) in [6.45, 7) is 17.9. The molecular formula is C41H44Zr. The first-order valence-electron chi connectivity index (χ1n) is 15.0. The van der Waals surface area contributed by atoms with Gasteiger partial charge in [-0.15, -0.1) is 12.5 Å². The first kappa shape index (κ1) is 32.0. The van der Waals surface area contributed by atoms with E-state index in [1.54, 1.807) is 0 Å². The van der Waals surface area contributed by atoms with Crippen LogP contribution in [0.3, 0.4) is 0 Å². The van der Waals surface area contributed by atoms with E-state index in [0.29, 0.717) is 5.92 Å². The van der Waals surface area contributed by atoms with E-state index in [-0.39, 0.29) is 10.8 Å². The summed E-state index contributed by atoms with van der Waals surface area (Å²) < 4.78 is 1.42. The monoisotopic (exact) mass is 626 g/mol. The molecule has 0 saturated heterocycles. The van der Waals surface area contributed by atoms with Gasteiger partial charge in [0.1, 0.15) is 0 Å². The van der Waals surface area contributed by atoms with Gasteiger partial charge in [-0.25, -0.2) is 11.6 Å². The Morgan fingerprint density at radius 3 is 1.74 bits per heavy atom. The molecule has 4 aromatic rings. The standard InChI is InChI=1S/C21H25.C13H10.C7H9.Zr/c1-20(2,3)16-9-7-14-11-15-8-10-17(21(4,5)6)13-19(15)18(14)12-16;1-3-7-12(8-4-1)11-13-9-5-2-6-10-13;1-6-3-4-7(2)5-6;/h7,9-10,12-13H,11H2,1-6H3;1-10H;3,5,7H,1-2H3;/q-1;;-1;+2. The van der Waals surface area contributed by atoms with E-state index in [2.05, 4.69) is 165 Å². The Bertz CT molecular complexity index is 1470. The van der Waals surface area contributed by atoms with Crippen LogP contribution in [0.1, 0.15) is 88.8 Å². The van der Waals surface area contributed by atoms with Crippen LogP contribution in [0.5, 0.6) is 0 Å². The minimum atomic E-state index is 0.177. The van der Waals surface area contributed by atoms with E-state index in [1.807, 2.05) is 6.08 Å². The molecule has 0 bridgehead atoms. The Labute approximate surface area is 269 Å². The van der Waals surface area contributed by atoms with Crippen molar-refractivity contribution in [3.63, 3.8) is 0 Å². The number of hydrogen-bond donors (Lipinski definition) is 0. The Morgan fingerprint density at radius 1 is 0.738 bits per heavy atom. The van der Waals surface area contributed by atoms with Crippen molar-refractivity contribution in [1.29, 1.82) is 0 Å². The molecule has 0 N–H and O–H groups in total. The molecule has 0 nitrogen and oxygen atoms in total. The molecule has 0 fully saturated rings. The van der Waals surface area contributed by atoms with Crippen molar-refractivity contribution in [2.45, 2.75) is 72.6 Å². The van der Waals surface area contributed by atoms with Gasteiger partial charge in [0.05, 0.1) is 0 Å². The molecule has 1 atom stereocenters. The number of benzene rings is 4. The topological polar surface area (TPSA) is 0 Å². The number of fused-ring (bicyclic) bond motifs is 3. The molecule has 0 aromatic heterocycles. The molecule has 1 unspecified atom stereocenters. The quantitative estimate of drug-likeness (QED) is 0.171. The van der Waals surface area contributed by atoms with Gasteiger partial charge in [0.25, 0.3) is 0 Å². The third kappa shape index (κ3) is 8.35. The first-order valence-corrected chi connectivity index (χ1v) is 16.2. The predicted octanol–water partition coefficient (Wildman–Crippen LogP) is 10.4. The van der Waals surface area contributed by atoms with Crippen LogP contribution in [-0.2, 0) is 41.5 Å². The number of allylic oxidation sites excluding steroid dienone is 4. The van der Waals surface area contributed by atoms with Crippen LogP contribution in [0.25, 0.3) is 11.1 Å². The van der Waals surface area contributed by atoms with Crippen LogP contribution in [0, 0.1) is 18.1 Å². The van der Waals surface area contributed by atoms with Crippen molar-refractivity contribution in [3.05, 3.63) is 154 Å². The molecule has 2 aliphatic rings. The molecule has 0 radical (unpaired) electrons. The summed E-state index contributed by atoms with van der Waals surface area (Å²) in [5.74, 6) is 0.556.